The molecule has 44 heavy (non-hydrogen) atoms. The molecule has 4 aliphatic heterocycles. The van der Waals surface area contributed by atoms with Crippen LogP contribution in [-0.2, 0) is 6.42 Å². The number of piperazine rings is 1. The normalized spacial score (nSPS) is 24.2. The lowest BCUT2D eigenvalue weighted by Crippen LogP contribution is -2.63. The highest BCUT2D eigenvalue weighted by Gasteiger charge is 2.46. The van der Waals surface area contributed by atoms with Crippen molar-refractivity contribution in [3.63, 3.8) is 0 Å². The van der Waals surface area contributed by atoms with E-state index in [9.17, 15) is 4.39 Å². The summed E-state index contributed by atoms with van der Waals surface area (Å²) in [7, 11) is 0. The fourth-order valence-corrected chi connectivity index (χ4v) is 8.32. The molecule has 1 N–H and O–H groups in total. The van der Waals surface area contributed by atoms with Crippen LogP contribution in [0.4, 0.5) is 14.6 Å². The highest BCUT2D eigenvalue weighted by atomic mass is 19.1. The second-order valence-corrected chi connectivity index (χ2v) is 13.2. The van der Waals surface area contributed by atoms with E-state index in [4.69, 9.17) is 26.1 Å². The van der Waals surface area contributed by atoms with E-state index < -0.39 is 11.6 Å². The Morgan fingerprint density at radius 1 is 1.07 bits per heavy atom. The molecule has 2 atom stereocenters. The summed E-state index contributed by atoms with van der Waals surface area (Å²) in [6.07, 6.45) is 10.9. The first-order valence-electron chi connectivity index (χ1n) is 15.8. The first-order chi connectivity index (χ1) is 21.3. The number of pyridine rings is 1. The van der Waals surface area contributed by atoms with E-state index in [1.54, 1.807) is 12.1 Å². The third-order valence-electron chi connectivity index (χ3n) is 10.9. The Hall–Kier alpha value is -3.87. The molecule has 0 aliphatic carbocycles. The monoisotopic (exact) mass is 594 g/mol. The van der Waals surface area contributed by atoms with Gasteiger partial charge < -0.3 is 15.0 Å². The third kappa shape index (κ3) is 3.97. The fourth-order valence-electron chi connectivity index (χ4n) is 8.32. The van der Waals surface area contributed by atoms with Crippen LogP contribution in [0.1, 0.15) is 50.8 Å². The van der Waals surface area contributed by atoms with Crippen LogP contribution in [0, 0.1) is 29.9 Å². The molecule has 9 heteroatoms. The predicted octanol–water partition coefficient (Wildman–Crippen LogP) is 5.47. The maximum Gasteiger partial charge on any atom is 0.319 e. The number of benzene rings is 2. The molecular formula is C35H36F2N6O. The molecule has 0 spiro atoms. The number of anilines is 1. The van der Waals surface area contributed by atoms with E-state index in [-0.39, 0.29) is 39.8 Å². The second-order valence-electron chi connectivity index (χ2n) is 13.2. The minimum Gasteiger partial charge on any atom is -0.461 e. The zero-order chi connectivity index (χ0) is 30.2. The van der Waals surface area contributed by atoms with Crippen molar-refractivity contribution in [1.29, 1.82) is 0 Å². The Morgan fingerprint density at radius 3 is 2.68 bits per heavy atom. The standard InChI is InChI=1S/C35H36F2N6O/c1-4-23-25(36)11-10-22-8-5-9-24(27(22)23)30-29(37)31-28-26(39-30)18-21(2)34(3)19-38-14-17-43(34)32(28)41-33(40-31)44-20-35-12-6-15-42(35)16-7-13-35/h1,5,8-11,21,38H,6-7,12-20H2,2-3H3/t21-,34?/m0/s1. The van der Waals surface area contributed by atoms with Crippen LogP contribution >= 0.6 is 0 Å². The molecule has 0 amide bonds. The maximum absolute atomic E-state index is 17.0. The van der Waals surface area contributed by atoms with E-state index in [0.717, 1.165) is 69.5 Å². The number of hydrogen-bond donors (Lipinski definition) is 1. The molecule has 0 radical (unpaired) electrons. The third-order valence-corrected chi connectivity index (χ3v) is 10.9. The van der Waals surface area contributed by atoms with Crippen LogP contribution in [0.2, 0.25) is 0 Å². The summed E-state index contributed by atoms with van der Waals surface area (Å²) in [6, 6.07) is 8.63. The Labute approximate surface area is 256 Å². The Bertz CT molecular complexity index is 1860. The van der Waals surface area contributed by atoms with Gasteiger partial charge in [0.2, 0.25) is 0 Å². The molecule has 4 aromatic rings. The Kier molecular flexibility index (Phi) is 6.34. The highest BCUT2D eigenvalue weighted by Crippen LogP contribution is 2.45. The summed E-state index contributed by atoms with van der Waals surface area (Å²) in [4.78, 5) is 19.6. The molecule has 4 aliphatic rings. The van der Waals surface area contributed by atoms with Crippen molar-refractivity contribution in [2.45, 2.75) is 57.0 Å². The van der Waals surface area contributed by atoms with E-state index >= 15 is 4.39 Å². The molecule has 6 heterocycles. The van der Waals surface area contributed by atoms with Crippen LogP contribution in [0.25, 0.3) is 32.9 Å². The van der Waals surface area contributed by atoms with Gasteiger partial charge in [0.1, 0.15) is 29.5 Å². The summed E-state index contributed by atoms with van der Waals surface area (Å²) < 4.78 is 38.4. The van der Waals surface area contributed by atoms with Gasteiger partial charge in [0.05, 0.1) is 27.7 Å². The van der Waals surface area contributed by atoms with E-state index in [1.807, 2.05) is 12.1 Å². The number of nitrogens with one attached hydrogen (secondary N) is 1. The number of terminal acetylenes is 1. The molecule has 7 nitrogen and oxygen atoms in total. The Balaban J connectivity index is 1.36. The van der Waals surface area contributed by atoms with Gasteiger partial charge >= 0.3 is 6.01 Å². The molecule has 3 saturated heterocycles. The molecule has 3 fully saturated rings. The van der Waals surface area contributed by atoms with Gasteiger partial charge in [-0.25, -0.2) is 13.8 Å². The van der Waals surface area contributed by atoms with Crippen LogP contribution in [0.15, 0.2) is 30.3 Å². The van der Waals surface area contributed by atoms with E-state index in [1.165, 1.54) is 6.07 Å². The number of hydrogen-bond acceptors (Lipinski definition) is 7. The number of halogens is 2. The highest BCUT2D eigenvalue weighted by molar-refractivity contribution is 6.03. The second kappa shape index (κ2) is 10.1. The molecule has 2 aromatic heterocycles. The van der Waals surface area contributed by atoms with Gasteiger partial charge in [-0.05, 0) is 69.5 Å². The fraction of sp³-hybridized carbons (Fsp3) is 0.457. The average molecular weight is 595 g/mol. The van der Waals surface area contributed by atoms with Gasteiger partial charge in [-0.1, -0.05) is 37.1 Å². The van der Waals surface area contributed by atoms with E-state index in [0.29, 0.717) is 35.2 Å². The SMILES string of the molecule is C#Cc1c(F)ccc2cccc(-c3nc4c5c(nc(OCC67CCCN6CCC7)nc5c3F)N3CCNCC3(C)[C@@H](C)C4)c12. The molecule has 1 unspecified atom stereocenters. The summed E-state index contributed by atoms with van der Waals surface area (Å²) in [5.41, 5.74) is 1.29. The summed E-state index contributed by atoms with van der Waals surface area (Å²) in [6.45, 7) is 9.39. The predicted molar refractivity (Wildman–Crippen MR) is 168 cm³/mol. The van der Waals surface area contributed by atoms with Crippen molar-refractivity contribution in [3.05, 3.63) is 53.2 Å². The number of nitrogens with zero attached hydrogens (tertiary/aromatic N) is 5. The smallest absolute Gasteiger partial charge is 0.319 e. The van der Waals surface area contributed by atoms with Crippen molar-refractivity contribution in [1.82, 2.24) is 25.2 Å². The van der Waals surface area contributed by atoms with Crippen LogP contribution in [0.3, 0.4) is 0 Å². The number of ether oxygens (including phenoxy) is 1. The minimum atomic E-state index is -0.579. The lowest BCUT2D eigenvalue weighted by Gasteiger charge is -2.48. The van der Waals surface area contributed by atoms with Crippen molar-refractivity contribution < 1.29 is 13.5 Å². The first kappa shape index (κ1) is 27.7. The lowest BCUT2D eigenvalue weighted by atomic mass is 9.82. The molecule has 0 bridgehead atoms. The van der Waals surface area contributed by atoms with Gasteiger partial charge in [-0.2, -0.15) is 9.97 Å². The Morgan fingerprint density at radius 2 is 1.89 bits per heavy atom. The average Bonchev–Trinajstić information content (AvgIpc) is 3.59. The largest absolute Gasteiger partial charge is 0.461 e. The first-order valence-corrected chi connectivity index (χ1v) is 15.8. The van der Waals surface area contributed by atoms with Crippen molar-refractivity contribution in [3.8, 4) is 29.6 Å². The maximum atomic E-state index is 17.0. The van der Waals surface area contributed by atoms with E-state index in [2.05, 4.69) is 34.9 Å². The van der Waals surface area contributed by atoms with Crippen LogP contribution in [0.5, 0.6) is 6.01 Å². The topological polar surface area (TPSA) is 66.4 Å². The lowest BCUT2D eigenvalue weighted by molar-refractivity contribution is 0.107. The molecule has 2 aromatic carbocycles. The summed E-state index contributed by atoms with van der Waals surface area (Å²) in [5, 5.41) is 5.37. The van der Waals surface area contributed by atoms with Crippen molar-refractivity contribution >= 4 is 27.5 Å². The van der Waals surface area contributed by atoms with Gasteiger partial charge in [0, 0.05) is 30.6 Å². The van der Waals surface area contributed by atoms with Gasteiger partial charge in [-0.3, -0.25) is 4.90 Å². The number of rotatable bonds is 4. The quantitative estimate of drug-likeness (QED) is 0.314. The van der Waals surface area contributed by atoms with Crippen molar-refractivity contribution in [2.24, 2.45) is 5.92 Å². The van der Waals surface area contributed by atoms with Gasteiger partial charge in [0.25, 0.3) is 0 Å². The molecule has 0 saturated carbocycles. The number of aromatic nitrogens is 3. The summed E-state index contributed by atoms with van der Waals surface area (Å²) in [5.74, 6) is 2.23. The zero-order valence-corrected chi connectivity index (χ0v) is 25.2. The van der Waals surface area contributed by atoms with Gasteiger partial charge in [-0.15, -0.1) is 6.42 Å². The molecule has 8 rings (SSSR count). The van der Waals surface area contributed by atoms with Crippen LogP contribution in [-0.4, -0.2) is 70.3 Å². The molecular weight excluding hydrogens is 558 g/mol. The molecule has 226 valence electrons. The van der Waals surface area contributed by atoms with Crippen LogP contribution < -0.4 is 15.0 Å². The zero-order valence-electron chi connectivity index (χ0n) is 25.2. The van der Waals surface area contributed by atoms with Crippen molar-refractivity contribution in [2.75, 3.05) is 44.2 Å². The minimum absolute atomic E-state index is 0.00370. The number of fused-ring (bicyclic) bond motifs is 4. The van der Waals surface area contributed by atoms with Gasteiger partial charge in [0.15, 0.2) is 5.82 Å². The summed E-state index contributed by atoms with van der Waals surface area (Å²) >= 11 is 0.